The van der Waals surface area contributed by atoms with Crippen LogP contribution < -0.4 is 0 Å². The third-order valence-corrected chi connectivity index (χ3v) is 8.15. The third-order valence-electron chi connectivity index (χ3n) is 8.15. The first-order valence-corrected chi connectivity index (χ1v) is 13.8. The molecule has 41 heavy (non-hydrogen) atoms. The summed E-state index contributed by atoms with van der Waals surface area (Å²) < 4.78 is 6.78. The second-order valence-electron chi connectivity index (χ2n) is 10.4. The van der Waals surface area contributed by atoms with E-state index in [2.05, 4.69) is 123 Å². The molecular formula is C36H23N5. The Morgan fingerprint density at radius 1 is 0.488 bits per heavy atom. The van der Waals surface area contributed by atoms with E-state index in [1.54, 1.807) is 0 Å². The summed E-state index contributed by atoms with van der Waals surface area (Å²) in [5.74, 6) is 0.931. The first-order valence-electron chi connectivity index (χ1n) is 13.8. The molecule has 0 aliphatic carbocycles. The van der Waals surface area contributed by atoms with Crippen LogP contribution in [0.5, 0.6) is 0 Å². The maximum Gasteiger partial charge on any atom is 0.145 e. The van der Waals surface area contributed by atoms with Crippen molar-refractivity contribution in [1.29, 1.82) is 0 Å². The molecule has 0 aliphatic heterocycles. The molecule has 0 fully saturated rings. The molecular weight excluding hydrogens is 502 g/mol. The van der Waals surface area contributed by atoms with Gasteiger partial charge in [-0.3, -0.25) is 8.97 Å². The van der Waals surface area contributed by atoms with Crippen molar-refractivity contribution >= 4 is 49.3 Å². The van der Waals surface area contributed by atoms with E-state index in [1.165, 1.54) is 21.7 Å². The van der Waals surface area contributed by atoms with Crippen molar-refractivity contribution in [2.45, 2.75) is 0 Å². The van der Waals surface area contributed by atoms with Crippen LogP contribution in [0.3, 0.4) is 0 Å². The summed E-state index contributed by atoms with van der Waals surface area (Å²) in [6, 6.07) is 42.9. The van der Waals surface area contributed by atoms with Crippen molar-refractivity contribution < 1.29 is 0 Å². The minimum Gasteiger partial charge on any atom is -0.309 e. The smallest absolute Gasteiger partial charge is 0.145 e. The molecule has 9 rings (SSSR count). The lowest BCUT2D eigenvalue weighted by atomic mass is 10.1. The highest BCUT2D eigenvalue weighted by Gasteiger charge is 2.17. The number of fused-ring (bicyclic) bond motifs is 7. The Kier molecular flexibility index (Phi) is 4.55. The number of para-hydroxylation sites is 2. The lowest BCUT2D eigenvalue weighted by molar-refractivity contribution is 1.12. The average Bonchev–Trinajstić information content (AvgIpc) is 3.71. The Morgan fingerprint density at radius 3 is 2.12 bits per heavy atom. The van der Waals surface area contributed by atoms with E-state index in [0.29, 0.717) is 0 Å². The molecule has 0 aliphatic rings. The molecule has 0 saturated heterocycles. The van der Waals surface area contributed by atoms with Crippen LogP contribution in [0.15, 0.2) is 140 Å². The SMILES string of the molecule is c1cc(-c2ncc3ccccn23)cc(-n2c3ccccc3c3ccc(-n4c5ccccc5c5cccnc54)cc32)c1. The molecule has 5 heteroatoms. The second-order valence-corrected chi connectivity index (χ2v) is 10.4. The van der Waals surface area contributed by atoms with Crippen molar-refractivity contribution in [3.05, 3.63) is 140 Å². The summed E-state index contributed by atoms with van der Waals surface area (Å²) in [4.78, 5) is 9.57. The molecule has 192 valence electrons. The summed E-state index contributed by atoms with van der Waals surface area (Å²) in [7, 11) is 0. The molecule has 0 radical (unpaired) electrons. The van der Waals surface area contributed by atoms with Gasteiger partial charge < -0.3 is 4.57 Å². The Balaban J connectivity index is 1.32. The van der Waals surface area contributed by atoms with E-state index in [4.69, 9.17) is 9.97 Å². The third kappa shape index (κ3) is 3.17. The van der Waals surface area contributed by atoms with Gasteiger partial charge in [0.1, 0.15) is 11.5 Å². The number of benzene rings is 4. The standard InChI is InChI=1S/C36H23N5/c1-3-15-32-28(12-1)30-18-17-26(41-33-16-4-2-13-29(33)31-14-8-19-37-36(31)41)22-34(30)40(32)25-11-7-9-24(21-25)35-38-23-27-10-5-6-20-39(27)35/h1-23H. The van der Waals surface area contributed by atoms with Crippen molar-refractivity contribution in [3.63, 3.8) is 0 Å². The maximum atomic E-state index is 4.81. The van der Waals surface area contributed by atoms with Gasteiger partial charge in [0, 0.05) is 50.9 Å². The van der Waals surface area contributed by atoms with Gasteiger partial charge in [0.15, 0.2) is 0 Å². The van der Waals surface area contributed by atoms with Crippen LogP contribution >= 0.6 is 0 Å². The quantitative estimate of drug-likeness (QED) is 0.232. The van der Waals surface area contributed by atoms with E-state index in [9.17, 15) is 0 Å². The highest BCUT2D eigenvalue weighted by atomic mass is 15.1. The van der Waals surface area contributed by atoms with Crippen molar-refractivity contribution in [1.82, 2.24) is 23.5 Å². The van der Waals surface area contributed by atoms with Gasteiger partial charge >= 0.3 is 0 Å². The fraction of sp³-hybridized carbons (Fsp3) is 0. The van der Waals surface area contributed by atoms with Crippen LogP contribution in [-0.4, -0.2) is 23.5 Å². The van der Waals surface area contributed by atoms with Gasteiger partial charge in [0.25, 0.3) is 0 Å². The van der Waals surface area contributed by atoms with Crippen LogP contribution in [0.25, 0.3) is 72.0 Å². The number of hydrogen-bond donors (Lipinski definition) is 0. The molecule has 0 amide bonds. The highest BCUT2D eigenvalue weighted by Crippen LogP contribution is 2.36. The van der Waals surface area contributed by atoms with Crippen molar-refractivity contribution in [3.8, 4) is 22.8 Å². The summed E-state index contributed by atoms with van der Waals surface area (Å²) in [6.45, 7) is 0. The number of nitrogens with zero attached hydrogens (tertiary/aromatic N) is 5. The van der Waals surface area contributed by atoms with E-state index in [1.807, 2.05) is 30.6 Å². The normalized spacial score (nSPS) is 11.9. The Morgan fingerprint density at radius 2 is 1.22 bits per heavy atom. The lowest BCUT2D eigenvalue weighted by Crippen LogP contribution is -1.98. The topological polar surface area (TPSA) is 40.0 Å². The van der Waals surface area contributed by atoms with E-state index >= 15 is 0 Å². The molecule has 5 aromatic heterocycles. The zero-order valence-corrected chi connectivity index (χ0v) is 22.0. The Hall–Kier alpha value is -5.68. The Labute approximate surface area is 235 Å². The predicted molar refractivity (Wildman–Crippen MR) is 167 cm³/mol. The molecule has 0 unspecified atom stereocenters. The number of pyridine rings is 2. The van der Waals surface area contributed by atoms with Crippen LogP contribution in [0, 0.1) is 0 Å². The molecule has 5 heterocycles. The van der Waals surface area contributed by atoms with Crippen LogP contribution in [-0.2, 0) is 0 Å². The molecule has 9 aromatic rings. The summed E-state index contributed by atoms with van der Waals surface area (Å²) in [5.41, 5.74) is 8.76. The predicted octanol–water partition coefficient (Wildman–Crippen LogP) is 8.59. The first-order chi connectivity index (χ1) is 20.3. The molecule has 0 bridgehead atoms. The fourth-order valence-electron chi connectivity index (χ4n) is 6.38. The second kappa shape index (κ2) is 8.41. The van der Waals surface area contributed by atoms with Gasteiger partial charge in [0.05, 0.1) is 28.3 Å². The number of hydrogen-bond acceptors (Lipinski definition) is 2. The van der Waals surface area contributed by atoms with Crippen LogP contribution in [0.2, 0.25) is 0 Å². The van der Waals surface area contributed by atoms with Crippen molar-refractivity contribution in [2.75, 3.05) is 0 Å². The van der Waals surface area contributed by atoms with Crippen molar-refractivity contribution in [2.24, 2.45) is 0 Å². The van der Waals surface area contributed by atoms with E-state index in [0.717, 1.165) is 50.3 Å². The summed E-state index contributed by atoms with van der Waals surface area (Å²) in [5, 5.41) is 4.81. The zero-order valence-electron chi connectivity index (χ0n) is 22.0. The van der Waals surface area contributed by atoms with Gasteiger partial charge in [-0.25, -0.2) is 9.97 Å². The number of aromatic nitrogens is 5. The van der Waals surface area contributed by atoms with Gasteiger partial charge in [-0.1, -0.05) is 60.7 Å². The maximum absolute atomic E-state index is 4.81. The molecule has 5 nitrogen and oxygen atoms in total. The molecule has 0 spiro atoms. The fourth-order valence-corrected chi connectivity index (χ4v) is 6.38. The van der Waals surface area contributed by atoms with Gasteiger partial charge in [-0.15, -0.1) is 0 Å². The minimum atomic E-state index is 0.931. The molecule has 0 saturated carbocycles. The molecule has 0 atom stereocenters. The molecule has 0 N–H and O–H groups in total. The summed E-state index contributed by atoms with van der Waals surface area (Å²) >= 11 is 0. The summed E-state index contributed by atoms with van der Waals surface area (Å²) in [6.07, 6.45) is 5.86. The zero-order chi connectivity index (χ0) is 26.9. The van der Waals surface area contributed by atoms with Gasteiger partial charge in [0.2, 0.25) is 0 Å². The first kappa shape index (κ1) is 22.2. The highest BCUT2D eigenvalue weighted by molar-refractivity contribution is 6.11. The monoisotopic (exact) mass is 525 g/mol. The number of imidazole rings is 1. The average molecular weight is 526 g/mol. The number of rotatable bonds is 3. The van der Waals surface area contributed by atoms with Crippen LogP contribution in [0.4, 0.5) is 0 Å². The van der Waals surface area contributed by atoms with Crippen LogP contribution in [0.1, 0.15) is 0 Å². The van der Waals surface area contributed by atoms with E-state index < -0.39 is 0 Å². The molecule has 4 aromatic carbocycles. The van der Waals surface area contributed by atoms with Gasteiger partial charge in [-0.05, 0) is 60.7 Å². The lowest BCUT2D eigenvalue weighted by Gasteiger charge is -2.12. The Bertz CT molecular complexity index is 2390. The van der Waals surface area contributed by atoms with E-state index in [-0.39, 0.29) is 0 Å². The van der Waals surface area contributed by atoms with Gasteiger partial charge in [-0.2, -0.15) is 0 Å². The largest absolute Gasteiger partial charge is 0.309 e. The minimum absolute atomic E-state index is 0.931.